The van der Waals surface area contributed by atoms with Gasteiger partial charge in [-0.3, -0.25) is 9.59 Å². The smallest absolute Gasteiger partial charge is 0.264 e. The fourth-order valence-corrected chi connectivity index (χ4v) is 9.70. The fraction of sp³-hybridized carbons (Fsp3) is 0.590. The summed E-state index contributed by atoms with van der Waals surface area (Å²) in [5.74, 6) is -1.03. The first kappa shape index (κ1) is 37.6. The molecule has 2 bridgehead atoms. The fourth-order valence-electron chi connectivity index (χ4n) is 8.20. The number of anilines is 1. The number of nitrogens with one attached hydrogen (secondary N) is 1. The first-order valence-electron chi connectivity index (χ1n) is 18.5. The number of hydrogen-bond acceptors (Lipinski definition) is 7. The zero-order valence-corrected chi connectivity index (χ0v) is 31.3. The summed E-state index contributed by atoms with van der Waals surface area (Å²) in [4.78, 5) is 30.9. The summed E-state index contributed by atoms with van der Waals surface area (Å²) in [5.41, 5.74) is 2.18. The number of nitrogens with zero attached hydrogens (tertiary/aromatic N) is 2. The highest BCUT2D eigenvalue weighted by Gasteiger charge is 2.42. The minimum Gasteiger partial charge on any atom is -0.491 e. The average Bonchev–Trinajstić information content (AvgIpc) is 3.14. The Kier molecular flexibility index (Phi) is 12.0. The number of halogens is 2. The van der Waals surface area contributed by atoms with Crippen molar-refractivity contribution in [2.45, 2.75) is 89.5 Å². The molecule has 3 heterocycles. The summed E-state index contributed by atoms with van der Waals surface area (Å²) in [7, 11) is -4.10. The van der Waals surface area contributed by atoms with Crippen molar-refractivity contribution in [3.63, 3.8) is 0 Å². The molecule has 6 rings (SSSR count). The molecule has 12 heteroatoms. The van der Waals surface area contributed by atoms with Gasteiger partial charge in [0.1, 0.15) is 18.2 Å². The molecule has 0 aromatic heterocycles. The lowest BCUT2D eigenvalue weighted by Crippen LogP contribution is -2.47. The van der Waals surface area contributed by atoms with Crippen molar-refractivity contribution < 1.29 is 31.9 Å². The van der Waals surface area contributed by atoms with Crippen LogP contribution < -0.4 is 14.4 Å². The molecule has 1 saturated heterocycles. The van der Waals surface area contributed by atoms with E-state index in [1.807, 2.05) is 17.9 Å². The lowest BCUT2D eigenvalue weighted by atomic mass is 9.68. The van der Waals surface area contributed by atoms with Crippen molar-refractivity contribution in [1.29, 1.82) is 0 Å². The first-order valence-corrected chi connectivity index (χ1v) is 20.4. The van der Waals surface area contributed by atoms with Gasteiger partial charge in [0.05, 0.1) is 28.7 Å². The molecule has 6 atom stereocenters. The van der Waals surface area contributed by atoms with Crippen LogP contribution in [0, 0.1) is 29.5 Å². The molecule has 0 spiro atoms. The maximum atomic E-state index is 15.6. The summed E-state index contributed by atoms with van der Waals surface area (Å²) in [6.07, 6.45) is 8.74. The van der Waals surface area contributed by atoms with Crippen LogP contribution in [0.2, 0.25) is 5.02 Å². The number of fused-ring (bicyclic) bond motifs is 3. The van der Waals surface area contributed by atoms with Gasteiger partial charge in [0.25, 0.3) is 5.91 Å². The van der Waals surface area contributed by atoms with Gasteiger partial charge in [0.15, 0.2) is 0 Å². The summed E-state index contributed by atoms with van der Waals surface area (Å²) in [6, 6.07) is 8.44. The highest BCUT2D eigenvalue weighted by atomic mass is 35.5. The van der Waals surface area contributed by atoms with Crippen molar-refractivity contribution >= 4 is 39.1 Å². The maximum Gasteiger partial charge on any atom is 0.264 e. The zero-order chi connectivity index (χ0) is 36.3. The summed E-state index contributed by atoms with van der Waals surface area (Å²) in [6.45, 7) is 10.3. The molecule has 9 nitrogen and oxygen atoms in total. The molecular formula is C39H51ClFN3O6S. The van der Waals surface area contributed by atoms with Gasteiger partial charge in [-0.2, -0.15) is 0 Å². The SMILES string of the molecule is C=C[C@H]1C[C@H](OCC(=O)N2CCCCC2)[C@@H]2CC[C@H]2CN2Cc3ccc(Cl)c(F)c3CCCCOc3ccc(cc32)C(=O)NS(=O)(=O)[C@H](C)[C@H]1C. The number of carbonyl (C=O) groups excluding carboxylic acids is 2. The molecule has 1 saturated carbocycles. The molecule has 278 valence electrons. The molecule has 1 aliphatic carbocycles. The predicted molar refractivity (Wildman–Crippen MR) is 197 cm³/mol. The van der Waals surface area contributed by atoms with E-state index in [1.54, 1.807) is 37.3 Å². The second-order valence-corrected chi connectivity index (χ2v) is 17.3. The van der Waals surface area contributed by atoms with Gasteiger partial charge in [-0.1, -0.05) is 30.7 Å². The van der Waals surface area contributed by atoms with Crippen molar-refractivity contribution in [3.8, 4) is 5.75 Å². The van der Waals surface area contributed by atoms with Gasteiger partial charge in [0.2, 0.25) is 15.9 Å². The highest BCUT2D eigenvalue weighted by molar-refractivity contribution is 7.90. The number of rotatable bonds is 4. The lowest BCUT2D eigenvalue weighted by molar-refractivity contribution is -0.143. The molecule has 0 radical (unpaired) electrons. The van der Waals surface area contributed by atoms with Crippen molar-refractivity contribution in [2.24, 2.45) is 23.7 Å². The molecular weight excluding hydrogens is 693 g/mol. The van der Waals surface area contributed by atoms with Crippen LogP contribution in [0.15, 0.2) is 43.0 Å². The third-order valence-electron chi connectivity index (χ3n) is 11.8. The monoisotopic (exact) mass is 743 g/mol. The van der Waals surface area contributed by atoms with E-state index in [9.17, 15) is 18.0 Å². The van der Waals surface area contributed by atoms with Crippen LogP contribution in [0.1, 0.15) is 86.7 Å². The molecule has 1 N–H and O–H groups in total. The van der Waals surface area contributed by atoms with Crippen LogP contribution in [0.25, 0.3) is 0 Å². The van der Waals surface area contributed by atoms with E-state index in [2.05, 4.69) is 16.2 Å². The summed E-state index contributed by atoms with van der Waals surface area (Å²) in [5, 5.41) is -0.836. The van der Waals surface area contributed by atoms with Gasteiger partial charge >= 0.3 is 0 Å². The Labute approximate surface area is 306 Å². The Balaban J connectivity index is 1.41. The Morgan fingerprint density at radius 1 is 1.12 bits per heavy atom. The van der Waals surface area contributed by atoms with Gasteiger partial charge in [-0.25, -0.2) is 17.5 Å². The van der Waals surface area contributed by atoms with Crippen molar-refractivity contribution in [2.75, 3.05) is 37.7 Å². The number of likely N-dealkylation sites (tertiary alicyclic amines) is 1. The van der Waals surface area contributed by atoms with Crippen LogP contribution >= 0.6 is 11.6 Å². The molecule has 0 unspecified atom stereocenters. The second kappa shape index (κ2) is 16.3. The number of sulfonamides is 1. The van der Waals surface area contributed by atoms with Gasteiger partial charge in [-0.05, 0) is 124 Å². The van der Waals surface area contributed by atoms with E-state index in [4.69, 9.17) is 21.1 Å². The number of carbonyl (C=O) groups is 2. The zero-order valence-electron chi connectivity index (χ0n) is 29.8. The quantitative estimate of drug-likeness (QED) is 0.340. The minimum atomic E-state index is -4.10. The third-order valence-corrected chi connectivity index (χ3v) is 14.0. The van der Waals surface area contributed by atoms with Gasteiger partial charge in [-0.15, -0.1) is 6.58 Å². The molecule has 4 aliphatic rings. The third kappa shape index (κ3) is 8.41. The largest absolute Gasteiger partial charge is 0.491 e. The van der Waals surface area contributed by atoms with Crippen molar-refractivity contribution in [1.82, 2.24) is 9.62 Å². The van der Waals surface area contributed by atoms with Gasteiger partial charge < -0.3 is 19.3 Å². The van der Waals surface area contributed by atoms with E-state index in [1.165, 1.54) is 0 Å². The minimum absolute atomic E-state index is 0.0219. The van der Waals surface area contributed by atoms with Crippen LogP contribution in [-0.2, 0) is 32.5 Å². The molecule has 2 aromatic carbocycles. The lowest BCUT2D eigenvalue weighted by Gasteiger charge is -2.45. The van der Waals surface area contributed by atoms with E-state index >= 15 is 4.39 Å². The van der Waals surface area contributed by atoms with Crippen LogP contribution in [0.3, 0.4) is 0 Å². The Hall–Kier alpha value is -3.15. The number of allylic oxidation sites excluding steroid dienone is 1. The number of hydrogen-bond donors (Lipinski definition) is 1. The number of benzene rings is 2. The van der Waals surface area contributed by atoms with E-state index in [0.717, 1.165) is 50.8 Å². The van der Waals surface area contributed by atoms with E-state index in [-0.39, 0.29) is 47.0 Å². The molecule has 2 fully saturated rings. The van der Waals surface area contributed by atoms with E-state index < -0.39 is 32.9 Å². The molecule has 3 aliphatic heterocycles. The highest BCUT2D eigenvalue weighted by Crippen LogP contribution is 2.44. The first-order chi connectivity index (χ1) is 24.5. The van der Waals surface area contributed by atoms with Crippen molar-refractivity contribution in [3.05, 3.63) is 70.5 Å². The second-order valence-electron chi connectivity index (χ2n) is 14.8. The van der Waals surface area contributed by atoms with Crippen LogP contribution in [0.5, 0.6) is 5.75 Å². The average molecular weight is 744 g/mol. The Morgan fingerprint density at radius 3 is 2.63 bits per heavy atom. The number of ether oxygens (including phenoxy) is 2. The summed E-state index contributed by atoms with van der Waals surface area (Å²) < 4.78 is 58.2. The van der Waals surface area contributed by atoms with E-state index in [0.29, 0.717) is 62.4 Å². The Morgan fingerprint density at radius 2 is 1.90 bits per heavy atom. The van der Waals surface area contributed by atoms with Crippen LogP contribution in [-0.4, -0.2) is 69.3 Å². The predicted octanol–water partition coefficient (Wildman–Crippen LogP) is 6.91. The summed E-state index contributed by atoms with van der Waals surface area (Å²) >= 11 is 6.27. The molecule has 2 amide bonds. The maximum absolute atomic E-state index is 15.6. The van der Waals surface area contributed by atoms with Crippen LogP contribution in [0.4, 0.5) is 10.1 Å². The topological polar surface area (TPSA) is 105 Å². The molecule has 2 aromatic rings. The van der Waals surface area contributed by atoms with Gasteiger partial charge in [0, 0.05) is 31.7 Å². The molecule has 51 heavy (non-hydrogen) atoms. The number of piperidine rings is 1. The Bertz CT molecular complexity index is 1720. The number of amides is 2. The standard InChI is InChI=1S/C39H51ClFN3O6S/c1-4-27-21-36(50-24-37(45)43-17-7-5-8-18-43)31-14-11-29(31)22-44-23-30-12-15-33(40)38(41)32(30)10-6-9-19-49-35-16-13-28(20-34(35)44)39(46)42-51(47,48)26(3)25(27)2/h4,12-13,15-16,20,25-27,29,31,36H,1,5-11,14,17-19,21-24H2,2-3H3,(H,42,46)/t25-,26-,27+,29+,31-,36+/m1/s1. The normalized spacial score (nSPS) is 28.6.